The van der Waals surface area contributed by atoms with E-state index in [0.717, 1.165) is 30.8 Å². The summed E-state index contributed by atoms with van der Waals surface area (Å²) in [5.74, 6) is -0.745. The van der Waals surface area contributed by atoms with E-state index in [1.807, 2.05) is 68.4 Å². The zero-order chi connectivity index (χ0) is 27.0. The van der Waals surface area contributed by atoms with Crippen LogP contribution in [-0.4, -0.2) is 50.5 Å². The Bertz CT molecular complexity index is 1310. The van der Waals surface area contributed by atoms with E-state index in [4.69, 9.17) is 0 Å². The van der Waals surface area contributed by atoms with Gasteiger partial charge in [-0.2, -0.15) is 0 Å². The zero-order valence-corrected chi connectivity index (χ0v) is 24.2. The highest BCUT2D eigenvalue weighted by Crippen LogP contribution is 2.21. The van der Waals surface area contributed by atoms with Crippen LogP contribution in [0.3, 0.4) is 0 Å². The van der Waals surface area contributed by atoms with Crippen molar-refractivity contribution in [3.05, 3.63) is 99.1 Å². The van der Waals surface area contributed by atoms with Gasteiger partial charge in [0.2, 0.25) is 21.8 Å². The molecule has 0 fully saturated rings. The number of nitrogens with one attached hydrogen (secondary N) is 1. The Balaban J connectivity index is 2.03. The van der Waals surface area contributed by atoms with Crippen molar-refractivity contribution in [1.29, 1.82) is 0 Å². The fourth-order valence-electron chi connectivity index (χ4n) is 4.07. The van der Waals surface area contributed by atoms with Crippen LogP contribution >= 0.6 is 22.6 Å². The Labute approximate surface area is 233 Å². The fraction of sp³-hybridized carbons (Fsp3) is 0.286. The summed E-state index contributed by atoms with van der Waals surface area (Å²) in [7, 11) is -3.77. The summed E-state index contributed by atoms with van der Waals surface area (Å²) in [6.45, 7) is 3.94. The van der Waals surface area contributed by atoms with Crippen molar-refractivity contribution in [2.24, 2.45) is 0 Å². The van der Waals surface area contributed by atoms with Crippen molar-refractivity contribution in [2.75, 3.05) is 23.7 Å². The summed E-state index contributed by atoms with van der Waals surface area (Å²) >= 11 is 2.14. The molecule has 196 valence electrons. The molecule has 0 bridgehead atoms. The Morgan fingerprint density at radius 1 is 0.946 bits per heavy atom. The van der Waals surface area contributed by atoms with Gasteiger partial charge in [0.15, 0.2) is 0 Å². The average Bonchev–Trinajstić information content (AvgIpc) is 2.85. The number of anilines is 1. The fourth-order valence-corrected chi connectivity index (χ4v) is 5.28. The lowest BCUT2D eigenvalue weighted by Crippen LogP contribution is -2.53. The second kappa shape index (κ2) is 13.0. The molecule has 3 rings (SSSR count). The molecule has 0 unspecified atom stereocenters. The minimum Gasteiger partial charge on any atom is -0.355 e. The van der Waals surface area contributed by atoms with Crippen LogP contribution in [0, 0.1) is 10.5 Å². The number of hydrogen-bond donors (Lipinski definition) is 1. The second-order valence-electron chi connectivity index (χ2n) is 8.86. The highest BCUT2D eigenvalue weighted by atomic mass is 127. The number of carbonyl (C=O) groups excluding carboxylic acids is 2. The van der Waals surface area contributed by atoms with Crippen molar-refractivity contribution in [2.45, 2.75) is 32.9 Å². The predicted molar refractivity (Wildman–Crippen MR) is 156 cm³/mol. The van der Waals surface area contributed by atoms with Gasteiger partial charge < -0.3 is 10.2 Å². The average molecular weight is 634 g/mol. The summed E-state index contributed by atoms with van der Waals surface area (Å²) in [6, 6.07) is 23.3. The monoisotopic (exact) mass is 633 g/mol. The molecule has 0 aliphatic carbocycles. The van der Waals surface area contributed by atoms with E-state index in [1.54, 1.807) is 24.3 Å². The van der Waals surface area contributed by atoms with Gasteiger partial charge in [0.05, 0.1) is 11.9 Å². The first kappa shape index (κ1) is 28.6. The molecule has 9 heteroatoms. The molecule has 37 heavy (non-hydrogen) atoms. The predicted octanol–water partition coefficient (Wildman–Crippen LogP) is 4.14. The number of benzene rings is 3. The third-order valence-corrected chi connectivity index (χ3v) is 7.71. The topological polar surface area (TPSA) is 86.8 Å². The van der Waals surface area contributed by atoms with Crippen LogP contribution in [0.2, 0.25) is 0 Å². The summed E-state index contributed by atoms with van der Waals surface area (Å²) in [4.78, 5) is 28.7. The van der Waals surface area contributed by atoms with Crippen molar-refractivity contribution in [3.8, 4) is 0 Å². The first-order valence-corrected chi connectivity index (χ1v) is 14.9. The van der Waals surface area contributed by atoms with Gasteiger partial charge in [-0.25, -0.2) is 8.42 Å². The lowest BCUT2D eigenvalue weighted by molar-refractivity contribution is -0.140. The number of amides is 2. The van der Waals surface area contributed by atoms with E-state index in [0.29, 0.717) is 18.7 Å². The maximum atomic E-state index is 13.9. The van der Waals surface area contributed by atoms with E-state index >= 15 is 0 Å². The second-order valence-corrected chi connectivity index (χ2v) is 12.0. The lowest BCUT2D eigenvalue weighted by Gasteiger charge is -2.33. The van der Waals surface area contributed by atoms with Crippen LogP contribution in [0.15, 0.2) is 78.9 Å². The van der Waals surface area contributed by atoms with Crippen LogP contribution in [0.4, 0.5) is 5.69 Å². The SMILES string of the molecule is CCNC(=O)[C@H](Cc1ccccc1)N(Cc1cccc(C)c1)C(=O)CN(c1ccc(I)cc1)S(C)(=O)=O. The molecule has 7 nitrogen and oxygen atoms in total. The van der Waals surface area contributed by atoms with Crippen LogP contribution in [0.5, 0.6) is 0 Å². The highest BCUT2D eigenvalue weighted by molar-refractivity contribution is 14.1. The molecule has 2 amide bonds. The number of hydrogen-bond acceptors (Lipinski definition) is 4. The number of rotatable bonds is 11. The highest BCUT2D eigenvalue weighted by Gasteiger charge is 2.32. The molecule has 0 spiro atoms. The first-order valence-electron chi connectivity index (χ1n) is 12.0. The van der Waals surface area contributed by atoms with Crippen molar-refractivity contribution in [1.82, 2.24) is 10.2 Å². The Kier molecular flexibility index (Phi) is 10.1. The van der Waals surface area contributed by atoms with Crippen LogP contribution in [0.1, 0.15) is 23.6 Å². The molecule has 1 atom stereocenters. The molecular formula is C28H32IN3O4S. The molecule has 3 aromatic rings. The van der Waals surface area contributed by atoms with E-state index in [9.17, 15) is 18.0 Å². The smallest absolute Gasteiger partial charge is 0.244 e. The van der Waals surface area contributed by atoms with Crippen LogP contribution in [-0.2, 0) is 32.6 Å². The van der Waals surface area contributed by atoms with Gasteiger partial charge in [0.25, 0.3) is 0 Å². The molecule has 0 saturated carbocycles. The minimum atomic E-state index is -3.77. The Morgan fingerprint density at radius 2 is 1.59 bits per heavy atom. The normalized spacial score (nSPS) is 12.0. The Hall–Kier alpha value is -2.92. The Morgan fingerprint density at radius 3 is 2.19 bits per heavy atom. The number of likely N-dealkylation sites (N-methyl/N-ethyl adjacent to an activating group) is 1. The largest absolute Gasteiger partial charge is 0.355 e. The maximum Gasteiger partial charge on any atom is 0.244 e. The van der Waals surface area contributed by atoms with Gasteiger partial charge in [0, 0.05) is 23.1 Å². The number of carbonyl (C=O) groups is 2. The molecule has 0 saturated heterocycles. The van der Waals surface area contributed by atoms with Gasteiger partial charge in [0.1, 0.15) is 12.6 Å². The molecule has 0 aromatic heterocycles. The standard InChI is InChI=1S/C28H32IN3O4S/c1-4-30-28(34)26(18-22-10-6-5-7-11-22)31(19-23-12-8-9-21(2)17-23)27(33)20-32(37(3,35)36)25-15-13-24(29)14-16-25/h5-17,26H,4,18-20H2,1-3H3,(H,30,34)/t26-/m0/s1. The zero-order valence-electron chi connectivity index (χ0n) is 21.2. The number of aryl methyl sites for hydroxylation is 1. The van der Waals surface area contributed by atoms with E-state index in [2.05, 4.69) is 27.9 Å². The van der Waals surface area contributed by atoms with Gasteiger partial charge in [-0.1, -0.05) is 60.2 Å². The molecular weight excluding hydrogens is 601 g/mol. The van der Waals surface area contributed by atoms with E-state index in [1.165, 1.54) is 4.90 Å². The summed E-state index contributed by atoms with van der Waals surface area (Å²) in [5.41, 5.74) is 3.18. The molecule has 0 radical (unpaired) electrons. The van der Waals surface area contributed by atoms with Gasteiger partial charge in [-0.3, -0.25) is 13.9 Å². The summed E-state index contributed by atoms with van der Waals surface area (Å²) < 4.78 is 27.5. The van der Waals surface area contributed by atoms with Gasteiger partial charge in [-0.15, -0.1) is 0 Å². The maximum absolute atomic E-state index is 13.9. The van der Waals surface area contributed by atoms with Crippen LogP contribution < -0.4 is 9.62 Å². The van der Waals surface area contributed by atoms with Gasteiger partial charge >= 0.3 is 0 Å². The van der Waals surface area contributed by atoms with Crippen molar-refractivity contribution < 1.29 is 18.0 Å². The third-order valence-electron chi connectivity index (χ3n) is 5.85. The summed E-state index contributed by atoms with van der Waals surface area (Å²) in [5, 5.41) is 2.85. The lowest BCUT2D eigenvalue weighted by atomic mass is 10.0. The quantitative estimate of drug-likeness (QED) is 0.322. The van der Waals surface area contributed by atoms with Crippen molar-refractivity contribution in [3.63, 3.8) is 0 Å². The number of nitrogens with zero attached hydrogens (tertiary/aromatic N) is 2. The summed E-state index contributed by atoms with van der Waals surface area (Å²) in [6.07, 6.45) is 1.38. The number of sulfonamides is 1. The van der Waals surface area contributed by atoms with E-state index < -0.39 is 28.5 Å². The molecule has 0 heterocycles. The molecule has 1 N–H and O–H groups in total. The molecule has 0 aliphatic heterocycles. The van der Waals surface area contributed by atoms with Gasteiger partial charge in [-0.05, 0) is 71.8 Å². The minimum absolute atomic E-state index is 0.166. The third kappa shape index (κ3) is 8.29. The van der Waals surface area contributed by atoms with Crippen LogP contribution in [0.25, 0.3) is 0 Å². The molecule has 0 aliphatic rings. The van der Waals surface area contributed by atoms with E-state index in [-0.39, 0.29) is 12.5 Å². The number of halogens is 1. The van der Waals surface area contributed by atoms with Crippen molar-refractivity contribution >= 4 is 50.1 Å². The molecule has 3 aromatic carbocycles. The first-order chi connectivity index (χ1) is 17.6.